The first-order chi connectivity index (χ1) is 13.0. The molecule has 0 saturated heterocycles. The van der Waals surface area contributed by atoms with Crippen LogP contribution in [-0.4, -0.2) is 24.7 Å². The Kier molecular flexibility index (Phi) is 10.7. The van der Waals surface area contributed by atoms with Crippen molar-refractivity contribution >= 4 is 41.7 Å². The van der Waals surface area contributed by atoms with Crippen LogP contribution in [-0.2, 0) is 20.1 Å². The van der Waals surface area contributed by atoms with Crippen LogP contribution in [0.4, 0.5) is 5.69 Å². The summed E-state index contributed by atoms with van der Waals surface area (Å²) in [6.45, 7) is 1.83. The molecule has 28 heavy (non-hydrogen) atoms. The minimum atomic E-state index is -0.358. The molecule has 0 saturated carbocycles. The standard InChI is InChI=1S/C21H26N2O3S.ClH/c1-15(20(22)17-8-4-3-5-9-17)21(25)23-18-10-6-7-16(13-18)14-27-12-11-19(24)26-2;/h3-10,13,15,20H,11-12,14,22H2,1-2H3,(H,23,25);1H. The van der Waals surface area contributed by atoms with Gasteiger partial charge in [0.05, 0.1) is 19.4 Å². The van der Waals surface area contributed by atoms with Gasteiger partial charge in [0.1, 0.15) is 0 Å². The van der Waals surface area contributed by atoms with Crippen molar-refractivity contribution in [3.05, 3.63) is 65.7 Å². The van der Waals surface area contributed by atoms with E-state index in [1.54, 1.807) is 11.8 Å². The number of hydrogen-bond acceptors (Lipinski definition) is 5. The summed E-state index contributed by atoms with van der Waals surface area (Å²) in [5.41, 5.74) is 9.01. The van der Waals surface area contributed by atoms with Crippen LogP contribution in [0.2, 0.25) is 0 Å². The number of esters is 1. The van der Waals surface area contributed by atoms with Crippen molar-refractivity contribution < 1.29 is 14.3 Å². The van der Waals surface area contributed by atoms with Crippen molar-refractivity contribution in [1.82, 2.24) is 0 Å². The van der Waals surface area contributed by atoms with Gasteiger partial charge in [-0.2, -0.15) is 11.8 Å². The van der Waals surface area contributed by atoms with Gasteiger partial charge < -0.3 is 15.8 Å². The second-order valence-electron chi connectivity index (χ2n) is 6.29. The Morgan fingerprint density at radius 3 is 2.54 bits per heavy atom. The number of halogens is 1. The van der Waals surface area contributed by atoms with Crippen molar-refractivity contribution in [1.29, 1.82) is 0 Å². The Morgan fingerprint density at radius 2 is 1.86 bits per heavy atom. The van der Waals surface area contributed by atoms with Crippen molar-refractivity contribution in [2.24, 2.45) is 11.7 Å². The third-order valence-electron chi connectivity index (χ3n) is 4.28. The summed E-state index contributed by atoms with van der Waals surface area (Å²) in [6, 6.07) is 17.0. The van der Waals surface area contributed by atoms with E-state index in [-0.39, 0.29) is 36.2 Å². The van der Waals surface area contributed by atoms with Gasteiger partial charge in [-0.15, -0.1) is 12.4 Å². The number of benzene rings is 2. The van der Waals surface area contributed by atoms with E-state index in [0.717, 1.165) is 22.6 Å². The van der Waals surface area contributed by atoms with E-state index in [1.165, 1.54) is 7.11 Å². The van der Waals surface area contributed by atoms with Crippen molar-refractivity contribution in [2.75, 3.05) is 18.2 Å². The van der Waals surface area contributed by atoms with E-state index < -0.39 is 0 Å². The van der Waals surface area contributed by atoms with Gasteiger partial charge in [0.25, 0.3) is 0 Å². The lowest BCUT2D eigenvalue weighted by Crippen LogP contribution is -2.30. The van der Waals surface area contributed by atoms with Gasteiger partial charge in [0, 0.05) is 23.2 Å². The van der Waals surface area contributed by atoms with Crippen molar-refractivity contribution in [3.8, 4) is 0 Å². The molecule has 2 rings (SSSR count). The largest absolute Gasteiger partial charge is 0.469 e. The summed E-state index contributed by atoms with van der Waals surface area (Å²) in [5, 5.41) is 2.95. The lowest BCUT2D eigenvalue weighted by atomic mass is 9.94. The number of rotatable bonds is 9. The number of carbonyl (C=O) groups excluding carboxylic acids is 2. The average Bonchev–Trinajstić information content (AvgIpc) is 2.70. The third-order valence-corrected chi connectivity index (χ3v) is 5.31. The molecular weight excluding hydrogens is 396 g/mol. The highest BCUT2D eigenvalue weighted by Crippen LogP contribution is 2.22. The molecular formula is C21H27ClN2O3S. The van der Waals surface area contributed by atoms with Crippen LogP contribution in [0.5, 0.6) is 0 Å². The van der Waals surface area contributed by atoms with Gasteiger partial charge in [-0.05, 0) is 23.3 Å². The van der Waals surface area contributed by atoms with E-state index in [4.69, 9.17) is 5.73 Å². The molecule has 5 nitrogen and oxygen atoms in total. The molecule has 0 bridgehead atoms. The summed E-state index contributed by atoms with van der Waals surface area (Å²) < 4.78 is 4.63. The smallest absolute Gasteiger partial charge is 0.306 e. The predicted molar refractivity (Wildman–Crippen MR) is 118 cm³/mol. The third kappa shape index (κ3) is 7.54. The monoisotopic (exact) mass is 422 g/mol. The zero-order valence-corrected chi connectivity index (χ0v) is 17.7. The van der Waals surface area contributed by atoms with Gasteiger partial charge in [0.15, 0.2) is 0 Å². The zero-order valence-electron chi connectivity index (χ0n) is 16.1. The molecule has 0 aliphatic carbocycles. The SMILES string of the molecule is COC(=O)CCSCc1cccc(NC(=O)C(C)C(N)c2ccccc2)c1.Cl. The highest BCUT2D eigenvalue weighted by molar-refractivity contribution is 7.98. The number of hydrogen-bond donors (Lipinski definition) is 2. The molecule has 0 radical (unpaired) electrons. The number of amides is 1. The molecule has 0 aromatic heterocycles. The molecule has 7 heteroatoms. The molecule has 3 N–H and O–H groups in total. The maximum atomic E-state index is 12.6. The van der Waals surface area contributed by atoms with Gasteiger partial charge in [-0.1, -0.05) is 49.4 Å². The number of nitrogens with two attached hydrogens (primary N) is 1. The van der Waals surface area contributed by atoms with E-state index in [2.05, 4.69) is 10.1 Å². The molecule has 2 aromatic rings. The quantitative estimate of drug-likeness (QED) is 0.468. The number of carbonyl (C=O) groups is 2. The normalized spacial score (nSPS) is 12.4. The van der Waals surface area contributed by atoms with Crippen LogP contribution in [0.1, 0.15) is 30.5 Å². The zero-order chi connectivity index (χ0) is 19.6. The molecule has 2 atom stereocenters. The predicted octanol–water partition coefficient (Wildman–Crippen LogP) is 4.18. The molecule has 0 heterocycles. The number of nitrogens with one attached hydrogen (secondary N) is 1. The average molecular weight is 423 g/mol. The second-order valence-corrected chi connectivity index (χ2v) is 7.40. The molecule has 0 aliphatic rings. The highest BCUT2D eigenvalue weighted by atomic mass is 35.5. The number of anilines is 1. The summed E-state index contributed by atoms with van der Waals surface area (Å²) in [5.74, 6) is 0.797. The summed E-state index contributed by atoms with van der Waals surface area (Å²) in [6.07, 6.45) is 0.395. The Balaban J connectivity index is 0.00000392. The molecule has 1 amide bonds. The fraction of sp³-hybridized carbons (Fsp3) is 0.333. The van der Waals surface area contributed by atoms with Crippen molar-refractivity contribution in [3.63, 3.8) is 0 Å². The number of ether oxygens (including phenoxy) is 1. The van der Waals surface area contributed by atoms with Gasteiger partial charge >= 0.3 is 5.97 Å². The number of methoxy groups -OCH3 is 1. The molecule has 2 aromatic carbocycles. The Morgan fingerprint density at radius 1 is 1.14 bits per heavy atom. The van der Waals surface area contributed by atoms with Crippen LogP contribution < -0.4 is 11.1 Å². The lowest BCUT2D eigenvalue weighted by molar-refractivity contribution is -0.140. The fourth-order valence-corrected chi connectivity index (χ4v) is 3.44. The van der Waals surface area contributed by atoms with Crippen LogP contribution >= 0.6 is 24.2 Å². The van der Waals surface area contributed by atoms with Crippen LogP contribution in [0, 0.1) is 5.92 Å². The van der Waals surface area contributed by atoms with Crippen LogP contribution in [0.25, 0.3) is 0 Å². The molecule has 0 fully saturated rings. The van der Waals surface area contributed by atoms with E-state index in [1.807, 2.05) is 61.5 Å². The van der Waals surface area contributed by atoms with Gasteiger partial charge in [-0.25, -0.2) is 0 Å². The van der Waals surface area contributed by atoms with E-state index >= 15 is 0 Å². The number of thioether (sulfide) groups is 1. The topological polar surface area (TPSA) is 81.4 Å². The van der Waals surface area contributed by atoms with E-state index in [9.17, 15) is 9.59 Å². The summed E-state index contributed by atoms with van der Waals surface area (Å²) in [7, 11) is 1.39. The second kappa shape index (κ2) is 12.4. The first kappa shape index (κ1) is 24.0. The molecule has 0 aliphatic heterocycles. The maximum Gasteiger partial charge on any atom is 0.306 e. The summed E-state index contributed by atoms with van der Waals surface area (Å²) in [4.78, 5) is 23.7. The Bertz CT molecular complexity index is 758. The first-order valence-corrected chi connectivity index (χ1v) is 10.0. The summed E-state index contributed by atoms with van der Waals surface area (Å²) >= 11 is 1.65. The van der Waals surface area contributed by atoms with Gasteiger partial charge in [0.2, 0.25) is 5.91 Å². The van der Waals surface area contributed by atoms with Crippen LogP contribution in [0.3, 0.4) is 0 Å². The molecule has 2 unspecified atom stereocenters. The fourth-order valence-electron chi connectivity index (χ4n) is 2.57. The molecule has 152 valence electrons. The highest BCUT2D eigenvalue weighted by Gasteiger charge is 2.22. The van der Waals surface area contributed by atoms with Crippen LogP contribution in [0.15, 0.2) is 54.6 Å². The first-order valence-electron chi connectivity index (χ1n) is 8.86. The molecule has 0 spiro atoms. The lowest BCUT2D eigenvalue weighted by Gasteiger charge is -2.20. The minimum Gasteiger partial charge on any atom is -0.469 e. The van der Waals surface area contributed by atoms with Gasteiger partial charge in [-0.3, -0.25) is 9.59 Å². The van der Waals surface area contributed by atoms with E-state index in [0.29, 0.717) is 12.2 Å². The maximum absolute atomic E-state index is 12.6. The Hall–Kier alpha value is -2.02. The minimum absolute atomic E-state index is 0. The Labute approximate surface area is 176 Å². The van der Waals surface area contributed by atoms with Crippen molar-refractivity contribution in [2.45, 2.75) is 25.1 Å².